The number of benzene rings is 2. The Labute approximate surface area is 286 Å². The predicted octanol–water partition coefficient (Wildman–Crippen LogP) is 2.63. The van der Waals surface area contributed by atoms with Crippen molar-refractivity contribution in [3.8, 4) is 5.75 Å². The SMILES string of the molecule is O=CNc1cc([C@@H](O)CNCCCCCCCC[N+]23CCC(CC2)[C@@H](OC[C@@](O)(c2ccccc2)C2CCCC2)C3)ccc1O.[Br-]. The van der Waals surface area contributed by atoms with Gasteiger partial charge < -0.3 is 52.2 Å². The molecule has 1 amide bonds. The molecule has 2 aromatic carbocycles. The van der Waals surface area contributed by atoms with Crippen molar-refractivity contribution >= 4 is 12.1 Å². The van der Waals surface area contributed by atoms with Crippen LogP contribution >= 0.6 is 0 Å². The summed E-state index contributed by atoms with van der Waals surface area (Å²) in [6, 6.07) is 15.0. The largest absolute Gasteiger partial charge is 1.00 e. The molecule has 0 unspecified atom stereocenters. The highest BCUT2D eigenvalue weighted by atomic mass is 79.9. The van der Waals surface area contributed by atoms with E-state index in [1.807, 2.05) is 18.2 Å². The molecule has 9 heteroatoms. The van der Waals surface area contributed by atoms with Gasteiger partial charge in [0.1, 0.15) is 24.0 Å². The van der Waals surface area contributed by atoms with Crippen LogP contribution < -0.4 is 27.6 Å². The second kappa shape index (κ2) is 17.9. The Balaban J connectivity index is 0.00000480. The van der Waals surface area contributed by atoms with Gasteiger partial charge in [0.15, 0.2) is 0 Å². The smallest absolute Gasteiger partial charge is 0.211 e. The molecule has 3 saturated heterocycles. The van der Waals surface area contributed by atoms with Gasteiger partial charge in [0.2, 0.25) is 6.41 Å². The second-order valence-electron chi connectivity index (χ2n) is 14.0. The molecule has 0 spiro atoms. The molecule has 1 saturated carbocycles. The zero-order valence-electron chi connectivity index (χ0n) is 27.4. The molecule has 4 aliphatic rings. The number of phenolic OH excluding ortho intramolecular Hbond substituents is 1. The van der Waals surface area contributed by atoms with Gasteiger partial charge in [-0.05, 0) is 67.8 Å². The quantitative estimate of drug-likeness (QED) is 0.0667. The lowest BCUT2D eigenvalue weighted by atomic mass is 9.80. The van der Waals surface area contributed by atoms with Crippen LogP contribution in [0.5, 0.6) is 5.75 Å². The number of nitrogens with one attached hydrogen (secondary N) is 2. The van der Waals surface area contributed by atoms with Crippen LogP contribution in [0.15, 0.2) is 48.5 Å². The summed E-state index contributed by atoms with van der Waals surface area (Å²) in [6.45, 7) is 6.64. The van der Waals surface area contributed by atoms with Crippen molar-refractivity contribution in [1.82, 2.24) is 5.32 Å². The highest BCUT2D eigenvalue weighted by molar-refractivity contribution is 5.75. The lowest BCUT2D eigenvalue weighted by Gasteiger charge is -2.53. The maximum atomic E-state index is 12.0. The number of hydrogen-bond donors (Lipinski definition) is 5. The molecule has 3 heterocycles. The number of phenols is 1. The Morgan fingerprint density at radius 3 is 2.37 bits per heavy atom. The molecule has 3 aliphatic heterocycles. The van der Waals surface area contributed by atoms with Gasteiger partial charge in [-0.15, -0.1) is 0 Å². The fourth-order valence-electron chi connectivity index (χ4n) is 8.23. The third kappa shape index (κ3) is 9.54. The fraction of sp³-hybridized carbons (Fsp3) is 0.649. The lowest BCUT2D eigenvalue weighted by Crippen LogP contribution is -3.00. The number of aliphatic hydroxyl groups is 2. The van der Waals surface area contributed by atoms with Crippen molar-refractivity contribution in [2.75, 3.05) is 51.2 Å². The highest BCUT2D eigenvalue weighted by Gasteiger charge is 2.48. The van der Waals surface area contributed by atoms with E-state index in [9.17, 15) is 20.1 Å². The topological polar surface area (TPSA) is 111 Å². The summed E-state index contributed by atoms with van der Waals surface area (Å²) in [5.41, 5.74) is 1.10. The molecule has 6 rings (SSSR count). The van der Waals surface area contributed by atoms with Crippen molar-refractivity contribution in [1.29, 1.82) is 0 Å². The van der Waals surface area contributed by atoms with E-state index in [-0.39, 0.29) is 28.8 Å². The van der Waals surface area contributed by atoms with Gasteiger partial charge in [-0.2, -0.15) is 0 Å². The van der Waals surface area contributed by atoms with Crippen molar-refractivity contribution < 1.29 is 46.3 Å². The first-order valence-corrected chi connectivity index (χ1v) is 17.6. The van der Waals surface area contributed by atoms with E-state index in [2.05, 4.69) is 22.8 Å². The van der Waals surface area contributed by atoms with E-state index in [0.717, 1.165) is 37.9 Å². The van der Waals surface area contributed by atoms with Crippen LogP contribution in [-0.2, 0) is 15.1 Å². The number of rotatable bonds is 19. The molecule has 5 N–H and O–H groups in total. The Kier molecular flexibility index (Phi) is 14.4. The summed E-state index contributed by atoms with van der Waals surface area (Å²) in [5.74, 6) is 0.913. The molecule has 1 aliphatic carbocycles. The minimum Gasteiger partial charge on any atom is -1.00 e. The fourth-order valence-corrected chi connectivity index (χ4v) is 8.23. The number of unbranched alkanes of at least 4 members (excludes halogenated alkanes) is 5. The second-order valence-corrected chi connectivity index (χ2v) is 14.0. The average molecular weight is 703 g/mol. The number of halogens is 1. The highest BCUT2D eigenvalue weighted by Crippen LogP contribution is 2.42. The molecule has 256 valence electrons. The summed E-state index contributed by atoms with van der Waals surface area (Å²) < 4.78 is 7.92. The Bertz CT molecular complexity index is 1190. The minimum absolute atomic E-state index is 0. The van der Waals surface area contributed by atoms with Gasteiger partial charge in [0.05, 0.1) is 38.0 Å². The lowest BCUT2D eigenvalue weighted by molar-refractivity contribution is -0.946. The van der Waals surface area contributed by atoms with Gasteiger partial charge in [-0.3, -0.25) is 4.79 Å². The summed E-state index contributed by atoms with van der Waals surface area (Å²) >= 11 is 0. The zero-order chi connectivity index (χ0) is 31.5. The predicted molar refractivity (Wildman–Crippen MR) is 178 cm³/mol. The third-order valence-electron chi connectivity index (χ3n) is 11.1. The number of fused-ring (bicyclic) bond motifs is 3. The first-order chi connectivity index (χ1) is 21.9. The van der Waals surface area contributed by atoms with Crippen molar-refractivity contribution in [3.63, 3.8) is 0 Å². The molecule has 8 nitrogen and oxygen atoms in total. The van der Waals surface area contributed by atoms with Gasteiger partial charge in [0.25, 0.3) is 0 Å². The standard InChI is InChI=1S/C37H55N3O5.BrH/c41-28-39-33-24-30(16-17-34(33)42)35(43)25-38-20-10-3-1-2-4-11-21-40-22-18-29(19-23-40)36(26-40)45-27-37(44,32-14-8-9-15-32)31-12-6-5-7-13-31;/h5-7,12-13,16-17,24,28-29,32,35-36,38,43-44H,1-4,8-11,14-15,18-23,25-27H2,(H-,39,41,42);1H/t29?,35-,36-,37+,40?;/m0./s1. The molecule has 0 radical (unpaired) electrons. The first kappa shape index (κ1) is 36.8. The number of carbonyl (C=O) groups is 1. The number of aromatic hydroxyl groups is 1. The van der Waals surface area contributed by atoms with Gasteiger partial charge >= 0.3 is 0 Å². The van der Waals surface area contributed by atoms with Gasteiger partial charge in [0, 0.05) is 25.3 Å². The van der Waals surface area contributed by atoms with Crippen LogP contribution in [-0.4, -0.2) is 78.2 Å². The number of amides is 1. The maximum Gasteiger partial charge on any atom is 0.211 e. The first-order valence-electron chi connectivity index (χ1n) is 17.6. The van der Waals surface area contributed by atoms with Crippen LogP contribution in [0.1, 0.15) is 94.3 Å². The number of piperidine rings is 3. The Morgan fingerprint density at radius 2 is 1.65 bits per heavy atom. The third-order valence-corrected chi connectivity index (χ3v) is 11.1. The van der Waals surface area contributed by atoms with Crippen LogP contribution in [0.4, 0.5) is 5.69 Å². The van der Waals surface area contributed by atoms with E-state index in [1.165, 1.54) is 88.0 Å². The number of carbonyl (C=O) groups excluding carboxylic acids is 1. The molecule has 3 atom stereocenters. The molecule has 4 fully saturated rings. The summed E-state index contributed by atoms with van der Waals surface area (Å²) in [5, 5.41) is 38.0. The molecule has 0 aromatic heterocycles. The van der Waals surface area contributed by atoms with Crippen molar-refractivity contribution in [2.24, 2.45) is 11.8 Å². The van der Waals surface area contributed by atoms with E-state index in [0.29, 0.717) is 42.6 Å². The van der Waals surface area contributed by atoms with Gasteiger partial charge in [-0.25, -0.2) is 0 Å². The Hall–Kier alpha value is -2.01. The van der Waals surface area contributed by atoms with Crippen molar-refractivity contribution in [2.45, 2.75) is 94.9 Å². The van der Waals surface area contributed by atoms with Crippen LogP contribution in [0.2, 0.25) is 0 Å². The molecule has 2 bridgehead atoms. The number of aliphatic hydroxyl groups excluding tert-OH is 1. The number of hydrogen-bond acceptors (Lipinski definition) is 6. The minimum atomic E-state index is -0.879. The monoisotopic (exact) mass is 701 g/mol. The normalized spacial score (nSPS) is 24.7. The zero-order valence-corrected chi connectivity index (χ0v) is 29.0. The number of ether oxygens (including phenoxy) is 1. The molecular formula is C37H56BrN3O5. The Morgan fingerprint density at radius 1 is 0.957 bits per heavy atom. The summed E-state index contributed by atoms with van der Waals surface area (Å²) in [4.78, 5) is 10.7. The van der Waals surface area contributed by atoms with E-state index >= 15 is 0 Å². The van der Waals surface area contributed by atoms with Crippen LogP contribution in [0.3, 0.4) is 0 Å². The summed E-state index contributed by atoms with van der Waals surface area (Å²) in [7, 11) is 0. The number of anilines is 1. The van der Waals surface area contributed by atoms with E-state index < -0.39 is 11.7 Å². The van der Waals surface area contributed by atoms with E-state index in [4.69, 9.17) is 4.74 Å². The molecule has 2 aromatic rings. The van der Waals surface area contributed by atoms with E-state index in [1.54, 1.807) is 12.1 Å². The molecule has 46 heavy (non-hydrogen) atoms. The maximum absolute atomic E-state index is 12.0. The van der Waals surface area contributed by atoms with Gasteiger partial charge in [-0.1, -0.05) is 68.5 Å². The molecular weight excluding hydrogens is 646 g/mol. The average Bonchev–Trinajstić information content (AvgIpc) is 3.62. The van der Waals surface area contributed by atoms with Crippen molar-refractivity contribution in [3.05, 3.63) is 59.7 Å². The summed E-state index contributed by atoms with van der Waals surface area (Å²) in [6.07, 6.45) is 14.5. The van der Waals surface area contributed by atoms with Crippen LogP contribution in [0.25, 0.3) is 0 Å². The number of quaternary nitrogens is 1. The number of nitrogens with zero attached hydrogens (tertiary/aromatic N) is 1. The van der Waals surface area contributed by atoms with Crippen LogP contribution in [0, 0.1) is 11.8 Å².